The Labute approximate surface area is 78.3 Å². The van der Waals surface area contributed by atoms with Crippen molar-refractivity contribution in [3.8, 4) is 0 Å². The third-order valence-electron chi connectivity index (χ3n) is 1.45. The highest BCUT2D eigenvalue weighted by Gasteiger charge is 2.11. The van der Waals surface area contributed by atoms with Crippen molar-refractivity contribution in [2.45, 2.75) is 0 Å². The summed E-state index contributed by atoms with van der Waals surface area (Å²) in [4.78, 5) is 10.4. The molecule has 0 heterocycles. The van der Waals surface area contributed by atoms with E-state index >= 15 is 0 Å². The first-order chi connectivity index (χ1) is 5.65. The number of carbonyl (C=O) groups is 1. The number of hydrogen-bond donors (Lipinski definition) is 2. The summed E-state index contributed by atoms with van der Waals surface area (Å²) in [6, 6.07) is 4.50. The van der Waals surface area contributed by atoms with E-state index in [9.17, 15) is 4.79 Å². The lowest BCUT2D eigenvalue weighted by atomic mass is 9.80. The van der Waals surface area contributed by atoms with Crippen LogP contribution >= 0.6 is 15.9 Å². The zero-order valence-electron chi connectivity index (χ0n) is 6.07. The van der Waals surface area contributed by atoms with Crippen LogP contribution in [0.25, 0.3) is 0 Å². The van der Waals surface area contributed by atoms with Crippen molar-refractivity contribution >= 4 is 34.8 Å². The molecule has 0 unspecified atom stereocenters. The third kappa shape index (κ3) is 1.94. The molecular weight excluding hydrogens is 223 g/mol. The Morgan fingerprint density at radius 2 is 2.08 bits per heavy atom. The molecular formula is C7H6BBrO3. The van der Waals surface area contributed by atoms with Gasteiger partial charge in [0, 0.05) is 10.0 Å². The average molecular weight is 229 g/mol. The summed E-state index contributed by atoms with van der Waals surface area (Å²) in [5.74, 6) is 0. The highest BCUT2D eigenvalue weighted by molar-refractivity contribution is 9.10. The summed E-state index contributed by atoms with van der Waals surface area (Å²) >= 11 is 3.12. The van der Waals surface area contributed by atoms with Gasteiger partial charge in [-0.3, -0.25) is 4.79 Å². The molecule has 5 heteroatoms. The van der Waals surface area contributed by atoms with Gasteiger partial charge < -0.3 is 10.0 Å². The topological polar surface area (TPSA) is 57.5 Å². The maximum Gasteiger partial charge on any atom is 0.488 e. The van der Waals surface area contributed by atoms with E-state index in [0.717, 1.165) is 0 Å². The molecule has 1 aromatic rings. The zero-order valence-corrected chi connectivity index (χ0v) is 7.65. The first kappa shape index (κ1) is 9.44. The van der Waals surface area contributed by atoms with Crippen LogP contribution in [0.15, 0.2) is 22.7 Å². The fourth-order valence-electron chi connectivity index (χ4n) is 0.800. The van der Waals surface area contributed by atoms with Crippen LogP contribution in [0.4, 0.5) is 0 Å². The maximum atomic E-state index is 10.4. The molecule has 1 rings (SSSR count). The van der Waals surface area contributed by atoms with E-state index in [1.54, 1.807) is 0 Å². The molecule has 1 aromatic carbocycles. The van der Waals surface area contributed by atoms with E-state index in [2.05, 4.69) is 15.9 Å². The molecule has 3 nitrogen and oxygen atoms in total. The molecule has 0 atom stereocenters. The lowest BCUT2D eigenvalue weighted by Crippen LogP contribution is -2.29. The highest BCUT2D eigenvalue weighted by Crippen LogP contribution is 2.12. The molecule has 0 saturated carbocycles. The van der Waals surface area contributed by atoms with Crippen LogP contribution in [0, 0.1) is 0 Å². The Bertz CT molecular complexity index is 301. The minimum absolute atomic E-state index is 0.354. The molecule has 0 aliphatic carbocycles. The number of halogens is 1. The van der Waals surface area contributed by atoms with E-state index in [-0.39, 0.29) is 0 Å². The second kappa shape index (κ2) is 3.84. The van der Waals surface area contributed by atoms with Gasteiger partial charge in [-0.1, -0.05) is 28.1 Å². The second-order valence-corrected chi connectivity index (χ2v) is 3.13. The minimum atomic E-state index is -1.50. The van der Waals surface area contributed by atoms with Gasteiger partial charge in [0.25, 0.3) is 0 Å². The Morgan fingerprint density at radius 1 is 1.42 bits per heavy atom. The summed E-state index contributed by atoms with van der Waals surface area (Å²) < 4.78 is 0.558. The summed E-state index contributed by atoms with van der Waals surface area (Å²) in [5.41, 5.74) is 0.840. The van der Waals surface area contributed by atoms with Gasteiger partial charge in [-0.15, -0.1) is 0 Å². The molecule has 0 amide bonds. The van der Waals surface area contributed by atoms with E-state index in [0.29, 0.717) is 21.8 Å². The standard InChI is InChI=1S/C7H6BBrO3/c9-7-3-6(8(11)12)2-1-5(7)4-10/h1-4,11-12H. The number of rotatable bonds is 2. The smallest absolute Gasteiger partial charge is 0.423 e. The van der Waals surface area contributed by atoms with Crippen LogP contribution in [0.1, 0.15) is 10.4 Å². The van der Waals surface area contributed by atoms with E-state index in [1.807, 2.05) is 0 Å². The Balaban J connectivity index is 3.10. The Kier molecular flexibility index (Phi) is 3.02. The first-order valence-electron chi connectivity index (χ1n) is 3.26. The summed E-state index contributed by atoms with van der Waals surface area (Å²) in [7, 11) is -1.50. The molecule has 0 radical (unpaired) electrons. The summed E-state index contributed by atoms with van der Waals surface area (Å²) in [6.45, 7) is 0. The van der Waals surface area contributed by atoms with Gasteiger partial charge in [0.05, 0.1) is 0 Å². The van der Waals surface area contributed by atoms with Crippen LogP contribution in [0.3, 0.4) is 0 Å². The molecule has 0 fully saturated rings. The molecule has 0 saturated heterocycles. The van der Waals surface area contributed by atoms with Gasteiger partial charge in [-0.25, -0.2) is 0 Å². The average Bonchev–Trinajstić information content (AvgIpc) is 2.04. The fraction of sp³-hybridized carbons (Fsp3) is 0. The van der Waals surface area contributed by atoms with Crippen molar-refractivity contribution in [3.05, 3.63) is 28.2 Å². The molecule has 2 N–H and O–H groups in total. The minimum Gasteiger partial charge on any atom is -0.423 e. The van der Waals surface area contributed by atoms with Crippen molar-refractivity contribution < 1.29 is 14.8 Å². The summed E-state index contributed by atoms with van der Waals surface area (Å²) in [6.07, 6.45) is 0.692. The molecule has 0 spiro atoms. The Morgan fingerprint density at radius 3 is 2.50 bits per heavy atom. The molecule has 0 bridgehead atoms. The maximum absolute atomic E-state index is 10.4. The lowest BCUT2D eigenvalue weighted by Gasteiger charge is -2.00. The molecule has 62 valence electrons. The van der Waals surface area contributed by atoms with Gasteiger partial charge in [-0.05, 0) is 11.5 Å². The van der Waals surface area contributed by atoms with Crippen LogP contribution in [0.2, 0.25) is 0 Å². The first-order valence-corrected chi connectivity index (χ1v) is 4.05. The van der Waals surface area contributed by atoms with Crippen molar-refractivity contribution in [2.75, 3.05) is 0 Å². The van der Waals surface area contributed by atoms with E-state index in [1.165, 1.54) is 18.2 Å². The van der Waals surface area contributed by atoms with Gasteiger partial charge in [0.15, 0.2) is 6.29 Å². The quantitative estimate of drug-likeness (QED) is 0.551. The van der Waals surface area contributed by atoms with Gasteiger partial charge in [-0.2, -0.15) is 0 Å². The highest BCUT2D eigenvalue weighted by atomic mass is 79.9. The van der Waals surface area contributed by atoms with Crippen LogP contribution in [-0.2, 0) is 0 Å². The molecule has 0 aliphatic heterocycles. The normalized spacial score (nSPS) is 9.58. The van der Waals surface area contributed by atoms with Crippen LogP contribution < -0.4 is 5.46 Å². The predicted octanol–water partition coefficient (Wildman–Crippen LogP) is -0.0586. The number of aldehydes is 1. The summed E-state index contributed by atoms with van der Waals surface area (Å²) in [5, 5.41) is 17.5. The lowest BCUT2D eigenvalue weighted by molar-refractivity contribution is 0.112. The second-order valence-electron chi connectivity index (χ2n) is 2.27. The molecule has 0 aromatic heterocycles. The van der Waals surface area contributed by atoms with Crippen molar-refractivity contribution in [1.82, 2.24) is 0 Å². The number of carbonyl (C=O) groups excluding carboxylic acids is 1. The largest absolute Gasteiger partial charge is 0.488 e. The van der Waals surface area contributed by atoms with E-state index in [4.69, 9.17) is 10.0 Å². The number of hydrogen-bond acceptors (Lipinski definition) is 3. The van der Waals surface area contributed by atoms with Crippen molar-refractivity contribution in [1.29, 1.82) is 0 Å². The SMILES string of the molecule is O=Cc1ccc(B(O)O)cc1Br. The van der Waals surface area contributed by atoms with Crippen LogP contribution in [-0.4, -0.2) is 23.5 Å². The Hall–Kier alpha value is -0.645. The van der Waals surface area contributed by atoms with Crippen molar-refractivity contribution in [3.63, 3.8) is 0 Å². The molecule has 12 heavy (non-hydrogen) atoms. The van der Waals surface area contributed by atoms with Gasteiger partial charge in [0.2, 0.25) is 0 Å². The van der Waals surface area contributed by atoms with Gasteiger partial charge >= 0.3 is 7.12 Å². The third-order valence-corrected chi connectivity index (χ3v) is 2.14. The number of benzene rings is 1. The van der Waals surface area contributed by atoms with E-state index < -0.39 is 7.12 Å². The monoisotopic (exact) mass is 228 g/mol. The fourth-order valence-corrected chi connectivity index (χ4v) is 1.29. The van der Waals surface area contributed by atoms with Gasteiger partial charge in [0.1, 0.15) is 0 Å². The molecule has 0 aliphatic rings. The van der Waals surface area contributed by atoms with Crippen LogP contribution in [0.5, 0.6) is 0 Å². The predicted molar refractivity (Wildman–Crippen MR) is 49.4 cm³/mol. The zero-order chi connectivity index (χ0) is 9.14. The van der Waals surface area contributed by atoms with Crippen molar-refractivity contribution in [2.24, 2.45) is 0 Å².